The van der Waals surface area contributed by atoms with Gasteiger partial charge in [0.15, 0.2) is 0 Å². The molecular weight excluding hydrogens is 390 g/mol. The zero-order chi connectivity index (χ0) is 20.9. The Labute approximate surface area is 171 Å². The van der Waals surface area contributed by atoms with E-state index in [2.05, 4.69) is 10.2 Å². The van der Waals surface area contributed by atoms with Crippen molar-refractivity contribution in [3.8, 4) is 0 Å². The first kappa shape index (κ1) is 19.1. The van der Waals surface area contributed by atoms with Gasteiger partial charge in [-0.2, -0.15) is 0 Å². The molecule has 2 aromatic heterocycles. The van der Waals surface area contributed by atoms with Crippen LogP contribution in [0.15, 0.2) is 40.3 Å². The second kappa shape index (κ2) is 6.97. The largest absolute Gasteiger partial charge is 0.507 e. The molecule has 4 rings (SSSR count). The number of aromatic nitrogens is 2. The van der Waals surface area contributed by atoms with Gasteiger partial charge in [0.2, 0.25) is 5.13 Å². The second-order valence-corrected chi connectivity index (χ2v) is 8.20. The predicted molar refractivity (Wildman–Crippen MR) is 109 cm³/mol. The van der Waals surface area contributed by atoms with Crippen LogP contribution in [0.4, 0.5) is 5.13 Å². The smallest absolute Gasteiger partial charge is 0.302 e. The summed E-state index contributed by atoms with van der Waals surface area (Å²) in [7, 11) is 0. The molecule has 7 nitrogen and oxygen atoms in total. The number of aliphatic hydroxyl groups is 1. The van der Waals surface area contributed by atoms with Crippen molar-refractivity contribution in [3.63, 3.8) is 0 Å². The number of hydrogen-bond acceptors (Lipinski definition) is 7. The number of nitrogens with zero attached hydrogens (tertiary/aromatic N) is 3. The number of anilines is 1. The number of carbonyl (C=O) groups is 2. The molecule has 1 aromatic carbocycles. The minimum atomic E-state index is -0.920. The maximum absolute atomic E-state index is 13.0. The lowest BCUT2D eigenvalue weighted by Crippen LogP contribution is -2.29. The van der Waals surface area contributed by atoms with Crippen molar-refractivity contribution in [1.82, 2.24) is 10.2 Å². The molecule has 1 unspecified atom stereocenters. The molecular formula is C21H19N3O4S. The van der Waals surface area contributed by atoms with Crippen molar-refractivity contribution in [3.05, 3.63) is 69.1 Å². The molecule has 1 amide bonds. The van der Waals surface area contributed by atoms with Crippen LogP contribution < -0.4 is 4.90 Å². The summed E-state index contributed by atoms with van der Waals surface area (Å²) in [5.41, 5.74) is 2.20. The number of benzene rings is 1. The number of amides is 1. The Hall–Kier alpha value is -3.26. The van der Waals surface area contributed by atoms with Crippen LogP contribution in [-0.2, 0) is 9.59 Å². The van der Waals surface area contributed by atoms with Crippen LogP contribution in [0.25, 0.3) is 5.76 Å². The monoisotopic (exact) mass is 409 g/mol. The number of aliphatic hydroxyl groups excluding tert-OH is 1. The lowest BCUT2D eigenvalue weighted by atomic mass is 9.96. The summed E-state index contributed by atoms with van der Waals surface area (Å²) in [6, 6.07) is 8.10. The number of Topliss-reactive ketones (excluding diaryl/α,β-unsaturated/α-hetero) is 1. The number of hydrogen-bond donors (Lipinski definition) is 1. The van der Waals surface area contributed by atoms with Crippen LogP contribution in [0.2, 0.25) is 0 Å². The minimum absolute atomic E-state index is 0.0223. The van der Waals surface area contributed by atoms with E-state index in [4.69, 9.17) is 4.42 Å². The van der Waals surface area contributed by atoms with Crippen LogP contribution >= 0.6 is 11.3 Å². The van der Waals surface area contributed by atoms with E-state index in [9.17, 15) is 14.7 Å². The topological polar surface area (TPSA) is 96.5 Å². The second-order valence-electron chi connectivity index (χ2n) is 7.04. The molecule has 1 N–H and O–H groups in total. The Morgan fingerprint density at radius 1 is 1.10 bits per heavy atom. The average Bonchev–Trinajstić information content (AvgIpc) is 3.36. The first-order valence-electron chi connectivity index (χ1n) is 9.03. The minimum Gasteiger partial charge on any atom is -0.507 e. The molecule has 1 aliphatic heterocycles. The third-order valence-corrected chi connectivity index (χ3v) is 5.68. The molecule has 3 aromatic rings. The highest BCUT2D eigenvalue weighted by molar-refractivity contribution is 7.15. The molecule has 148 valence electrons. The van der Waals surface area contributed by atoms with Gasteiger partial charge in [0.25, 0.3) is 5.78 Å². The van der Waals surface area contributed by atoms with Crippen LogP contribution in [0.5, 0.6) is 0 Å². The van der Waals surface area contributed by atoms with Crippen LogP contribution in [0.1, 0.15) is 39.3 Å². The highest BCUT2D eigenvalue weighted by Gasteiger charge is 2.49. The third kappa shape index (κ3) is 3.15. The van der Waals surface area contributed by atoms with Crippen molar-refractivity contribution in [2.24, 2.45) is 0 Å². The Morgan fingerprint density at radius 2 is 1.86 bits per heavy atom. The van der Waals surface area contributed by atoms with E-state index in [1.54, 1.807) is 32.0 Å². The molecule has 1 fully saturated rings. The number of furan rings is 1. The van der Waals surface area contributed by atoms with Crippen molar-refractivity contribution in [2.75, 3.05) is 4.90 Å². The summed E-state index contributed by atoms with van der Waals surface area (Å²) >= 11 is 1.20. The third-order valence-electron chi connectivity index (χ3n) is 4.84. The standard InChI is InChI=1S/C21H19N3O4S/c1-10-5-6-11(2)14(9-10)18(25)16-17(15-8-7-12(3)28-15)24(20(27)19(16)26)21-23-22-13(4)29-21/h5-9,17,25H,1-4H3/b18-16+. The summed E-state index contributed by atoms with van der Waals surface area (Å²) in [4.78, 5) is 27.2. The summed E-state index contributed by atoms with van der Waals surface area (Å²) in [6.45, 7) is 7.27. The Balaban J connectivity index is 1.97. The van der Waals surface area contributed by atoms with Gasteiger partial charge in [-0.15, -0.1) is 10.2 Å². The fraction of sp³-hybridized carbons (Fsp3) is 0.238. The summed E-state index contributed by atoms with van der Waals surface area (Å²) < 4.78 is 5.76. The number of aryl methyl sites for hydroxylation is 4. The van der Waals surface area contributed by atoms with E-state index >= 15 is 0 Å². The fourth-order valence-electron chi connectivity index (χ4n) is 3.42. The van der Waals surface area contributed by atoms with E-state index in [-0.39, 0.29) is 16.5 Å². The van der Waals surface area contributed by atoms with Gasteiger partial charge in [-0.3, -0.25) is 14.5 Å². The van der Waals surface area contributed by atoms with Crippen molar-refractivity contribution in [2.45, 2.75) is 33.7 Å². The quantitative estimate of drug-likeness (QED) is 0.399. The lowest BCUT2D eigenvalue weighted by molar-refractivity contribution is -0.132. The maximum atomic E-state index is 13.0. The Morgan fingerprint density at radius 3 is 2.48 bits per heavy atom. The van der Waals surface area contributed by atoms with Gasteiger partial charge < -0.3 is 9.52 Å². The zero-order valence-electron chi connectivity index (χ0n) is 16.4. The number of carbonyl (C=O) groups excluding carboxylic acids is 2. The first-order valence-corrected chi connectivity index (χ1v) is 9.84. The molecule has 0 saturated carbocycles. The molecule has 3 heterocycles. The summed E-state index contributed by atoms with van der Waals surface area (Å²) in [5, 5.41) is 20.1. The number of rotatable bonds is 3. The van der Waals surface area contributed by atoms with Gasteiger partial charge >= 0.3 is 5.91 Å². The SMILES string of the molecule is Cc1ccc(C)c(/C(O)=C2\C(=O)C(=O)N(c3nnc(C)s3)C2c2ccc(C)o2)c1. The van der Waals surface area contributed by atoms with Crippen LogP contribution in [0, 0.1) is 27.7 Å². The van der Waals surface area contributed by atoms with Gasteiger partial charge in [0, 0.05) is 5.56 Å². The zero-order valence-corrected chi connectivity index (χ0v) is 17.2. The average molecular weight is 409 g/mol. The van der Waals surface area contributed by atoms with E-state index < -0.39 is 17.7 Å². The lowest BCUT2D eigenvalue weighted by Gasteiger charge is -2.20. The van der Waals surface area contributed by atoms with Gasteiger partial charge in [-0.05, 0) is 51.5 Å². The molecule has 8 heteroatoms. The van der Waals surface area contributed by atoms with Crippen molar-refractivity contribution >= 4 is 33.9 Å². The van der Waals surface area contributed by atoms with E-state index in [1.165, 1.54) is 16.2 Å². The first-order chi connectivity index (χ1) is 13.8. The van der Waals surface area contributed by atoms with Gasteiger partial charge in [0.05, 0.1) is 5.57 Å². The number of ketones is 1. The van der Waals surface area contributed by atoms with Crippen LogP contribution in [-0.4, -0.2) is 27.0 Å². The predicted octanol–water partition coefficient (Wildman–Crippen LogP) is 3.99. The van der Waals surface area contributed by atoms with Gasteiger partial charge in [-0.25, -0.2) is 0 Å². The highest BCUT2D eigenvalue weighted by atomic mass is 32.1. The van der Waals surface area contributed by atoms with E-state index in [1.807, 2.05) is 26.0 Å². The molecule has 0 aliphatic carbocycles. The molecule has 1 aliphatic rings. The molecule has 0 bridgehead atoms. The summed E-state index contributed by atoms with van der Waals surface area (Å²) in [6.07, 6.45) is 0. The summed E-state index contributed by atoms with van der Waals surface area (Å²) in [5.74, 6) is -0.776. The van der Waals surface area contributed by atoms with E-state index in [0.29, 0.717) is 22.1 Å². The maximum Gasteiger partial charge on any atom is 0.302 e. The molecule has 1 atom stereocenters. The fourth-order valence-corrected chi connectivity index (χ4v) is 4.13. The van der Waals surface area contributed by atoms with E-state index in [0.717, 1.165) is 11.1 Å². The normalized spacial score (nSPS) is 18.6. The molecule has 29 heavy (non-hydrogen) atoms. The van der Waals surface area contributed by atoms with Crippen molar-refractivity contribution in [1.29, 1.82) is 0 Å². The highest BCUT2D eigenvalue weighted by Crippen LogP contribution is 2.43. The molecule has 0 radical (unpaired) electrons. The Kier molecular flexibility index (Phi) is 4.58. The Bertz CT molecular complexity index is 1170. The van der Waals surface area contributed by atoms with Gasteiger partial charge in [-0.1, -0.05) is 29.0 Å². The van der Waals surface area contributed by atoms with Crippen molar-refractivity contribution < 1.29 is 19.1 Å². The molecule has 0 spiro atoms. The van der Waals surface area contributed by atoms with Crippen LogP contribution in [0.3, 0.4) is 0 Å². The molecule has 1 saturated heterocycles. The van der Waals surface area contributed by atoms with Gasteiger partial charge in [0.1, 0.15) is 28.3 Å².